The van der Waals surface area contributed by atoms with E-state index in [1.165, 1.54) is 12.1 Å². The number of carbonyl (C=O) groups excluding carboxylic acids is 1. The summed E-state index contributed by atoms with van der Waals surface area (Å²) in [6.45, 7) is 6.44. The second kappa shape index (κ2) is 9.01. The molecule has 2 aromatic rings. The highest BCUT2D eigenvalue weighted by molar-refractivity contribution is 14.1. The molecule has 0 unspecified atom stereocenters. The van der Waals surface area contributed by atoms with Crippen molar-refractivity contribution in [1.82, 2.24) is 9.80 Å². The van der Waals surface area contributed by atoms with E-state index in [9.17, 15) is 9.18 Å². The first-order valence-electron chi connectivity index (χ1n) is 9.08. The molecule has 1 aliphatic rings. The topological polar surface area (TPSA) is 32.8 Å². The monoisotopic (exact) mass is 482 g/mol. The van der Waals surface area contributed by atoms with Crippen LogP contribution in [0, 0.1) is 9.39 Å². The van der Waals surface area contributed by atoms with Crippen LogP contribution in [0.2, 0.25) is 0 Å². The van der Waals surface area contributed by atoms with Gasteiger partial charge in [0.15, 0.2) is 6.61 Å². The Kier molecular flexibility index (Phi) is 6.70. The minimum absolute atomic E-state index is 0.00893. The highest BCUT2D eigenvalue weighted by Crippen LogP contribution is 2.20. The molecule has 6 heteroatoms. The van der Waals surface area contributed by atoms with Gasteiger partial charge in [0.05, 0.1) is 0 Å². The van der Waals surface area contributed by atoms with Gasteiger partial charge in [-0.15, -0.1) is 0 Å². The average Bonchev–Trinajstić information content (AvgIpc) is 2.64. The van der Waals surface area contributed by atoms with Gasteiger partial charge in [0.25, 0.3) is 5.91 Å². The zero-order valence-electron chi connectivity index (χ0n) is 15.6. The molecule has 1 heterocycles. The van der Waals surface area contributed by atoms with Crippen molar-refractivity contribution in [2.75, 3.05) is 19.7 Å². The molecule has 3 rings (SSSR count). The van der Waals surface area contributed by atoms with E-state index >= 15 is 0 Å². The number of piperazine rings is 1. The minimum atomic E-state index is -0.219. The number of ether oxygens (including phenoxy) is 1. The maximum absolute atomic E-state index is 13.1. The first-order valence-corrected chi connectivity index (χ1v) is 10.2. The van der Waals surface area contributed by atoms with Gasteiger partial charge in [-0.05, 0) is 72.3 Å². The Morgan fingerprint density at radius 3 is 2.59 bits per heavy atom. The third-order valence-corrected chi connectivity index (χ3v) is 5.56. The van der Waals surface area contributed by atoms with Crippen LogP contribution in [-0.2, 0) is 11.3 Å². The Morgan fingerprint density at radius 1 is 1.15 bits per heavy atom. The molecule has 27 heavy (non-hydrogen) atoms. The van der Waals surface area contributed by atoms with E-state index in [2.05, 4.69) is 41.3 Å². The van der Waals surface area contributed by atoms with Crippen LogP contribution in [0.4, 0.5) is 4.39 Å². The molecular weight excluding hydrogens is 458 g/mol. The molecule has 0 radical (unpaired) electrons. The number of rotatable bonds is 5. The zero-order chi connectivity index (χ0) is 19.4. The van der Waals surface area contributed by atoms with Crippen LogP contribution in [0.25, 0.3) is 0 Å². The Hall–Kier alpha value is -1.67. The van der Waals surface area contributed by atoms with E-state index in [0.29, 0.717) is 12.3 Å². The second-order valence-electron chi connectivity index (χ2n) is 7.05. The van der Waals surface area contributed by atoms with Crippen molar-refractivity contribution in [3.05, 3.63) is 63.5 Å². The van der Waals surface area contributed by atoms with Crippen molar-refractivity contribution in [3.63, 3.8) is 0 Å². The average molecular weight is 482 g/mol. The molecule has 144 valence electrons. The van der Waals surface area contributed by atoms with E-state index in [1.807, 2.05) is 41.3 Å². The van der Waals surface area contributed by atoms with E-state index < -0.39 is 0 Å². The number of halogens is 2. The summed E-state index contributed by atoms with van der Waals surface area (Å²) < 4.78 is 19.8. The molecule has 0 N–H and O–H groups in total. The van der Waals surface area contributed by atoms with Gasteiger partial charge in [0.1, 0.15) is 11.6 Å². The summed E-state index contributed by atoms with van der Waals surface area (Å²) in [5.74, 6) is 0.504. The first kappa shape index (κ1) is 20.1. The number of benzene rings is 2. The maximum Gasteiger partial charge on any atom is 0.260 e. The normalized spacial score (nSPS) is 20.5. The molecule has 1 aliphatic heterocycles. The van der Waals surface area contributed by atoms with Crippen LogP contribution in [0.15, 0.2) is 48.5 Å². The highest BCUT2D eigenvalue weighted by atomic mass is 127. The van der Waals surface area contributed by atoms with Crippen LogP contribution in [0.5, 0.6) is 5.75 Å². The van der Waals surface area contributed by atoms with Gasteiger partial charge in [0.2, 0.25) is 0 Å². The van der Waals surface area contributed by atoms with Gasteiger partial charge in [-0.1, -0.05) is 18.2 Å². The van der Waals surface area contributed by atoms with Crippen LogP contribution >= 0.6 is 22.6 Å². The van der Waals surface area contributed by atoms with E-state index in [1.54, 1.807) is 0 Å². The molecule has 0 aromatic heterocycles. The highest BCUT2D eigenvalue weighted by Gasteiger charge is 2.32. The van der Waals surface area contributed by atoms with Crippen molar-refractivity contribution in [2.24, 2.45) is 0 Å². The Labute approximate surface area is 173 Å². The zero-order valence-corrected chi connectivity index (χ0v) is 17.7. The number of carbonyl (C=O) groups is 1. The fourth-order valence-electron chi connectivity index (χ4n) is 3.38. The van der Waals surface area contributed by atoms with E-state index in [0.717, 1.165) is 22.2 Å². The molecule has 0 aliphatic carbocycles. The Balaban J connectivity index is 1.55. The van der Waals surface area contributed by atoms with Crippen molar-refractivity contribution >= 4 is 28.5 Å². The SMILES string of the molecule is C[C@@H]1CN(Cc2ccc(F)cc2)[C@@H](C)CN1C(=O)COc1cccc(I)c1. The summed E-state index contributed by atoms with van der Waals surface area (Å²) >= 11 is 2.22. The number of hydrogen-bond acceptors (Lipinski definition) is 3. The molecule has 1 amide bonds. The fraction of sp³-hybridized carbons (Fsp3) is 0.381. The molecular formula is C21H24FIN2O2. The van der Waals surface area contributed by atoms with Crippen LogP contribution in [-0.4, -0.2) is 47.5 Å². The lowest BCUT2D eigenvalue weighted by atomic mass is 10.1. The van der Waals surface area contributed by atoms with Crippen LogP contribution in [0.3, 0.4) is 0 Å². The van der Waals surface area contributed by atoms with E-state index in [-0.39, 0.29) is 30.4 Å². The van der Waals surface area contributed by atoms with Gasteiger partial charge in [0, 0.05) is 35.3 Å². The Morgan fingerprint density at radius 2 is 1.89 bits per heavy atom. The lowest BCUT2D eigenvalue weighted by Crippen LogP contribution is -2.58. The second-order valence-corrected chi connectivity index (χ2v) is 8.29. The molecule has 2 atom stereocenters. The quantitative estimate of drug-likeness (QED) is 0.606. The smallest absolute Gasteiger partial charge is 0.260 e. The summed E-state index contributed by atoms with van der Waals surface area (Å²) in [6, 6.07) is 14.6. The lowest BCUT2D eigenvalue weighted by molar-refractivity contribution is -0.139. The van der Waals surface area contributed by atoms with Gasteiger partial charge < -0.3 is 9.64 Å². The summed E-state index contributed by atoms with van der Waals surface area (Å²) in [4.78, 5) is 16.9. The Bertz CT molecular complexity index is 784. The number of hydrogen-bond donors (Lipinski definition) is 0. The first-order chi connectivity index (χ1) is 12.9. The molecule has 0 spiro atoms. The van der Waals surface area contributed by atoms with Crippen LogP contribution in [0.1, 0.15) is 19.4 Å². The number of nitrogens with zero attached hydrogens (tertiary/aromatic N) is 2. The van der Waals surface area contributed by atoms with Gasteiger partial charge in [-0.3, -0.25) is 9.69 Å². The van der Waals surface area contributed by atoms with Crippen molar-refractivity contribution in [2.45, 2.75) is 32.5 Å². The summed E-state index contributed by atoms with van der Waals surface area (Å²) in [5.41, 5.74) is 1.08. The predicted molar refractivity (Wildman–Crippen MR) is 112 cm³/mol. The third-order valence-electron chi connectivity index (χ3n) is 4.89. The molecule has 0 saturated carbocycles. The van der Waals surface area contributed by atoms with Crippen LogP contribution < -0.4 is 4.74 Å². The summed E-state index contributed by atoms with van der Waals surface area (Å²) in [6.07, 6.45) is 0. The minimum Gasteiger partial charge on any atom is -0.484 e. The molecule has 4 nitrogen and oxygen atoms in total. The van der Waals surface area contributed by atoms with Gasteiger partial charge in [-0.2, -0.15) is 0 Å². The standard InChI is InChI=1S/C21H24FIN2O2/c1-15-12-25(21(26)14-27-20-5-3-4-19(23)10-20)16(2)11-24(15)13-17-6-8-18(22)9-7-17/h3-10,15-16H,11-14H2,1-2H3/t15-,16+/m0/s1. The number of amides is 1. The third kappa shape index (κ3) is 5.42. The van der Waals surface area contributed by atoms with Crippen molar-refractivity contribution < 1.29 is 13.9 Å². The molecule has 1 saturated heterocycles. The fourth-order valence-corrected chi connectivity index (χ4v) is 3.89. The molecule has 1 fully saturated rings. The van der Waals surface area contributed by atoms with Crippen molar-refractivity contribution in [3.8, 4) is 5.75 Å². The maximum atomic E-state index is 13.1. The largest absolute Gasteiger partial charge is 0.484 e. The lowest BCUT2D eigenvalue weighted by Gasteiger charge is -2.44. The van der Waals surface area contributed by atoms with Gasteiger partial charge in [-0.25, -0.2) is 4.39 Å². The summed E-state index contributed by atoms with van der Waals surface area (Å²) in [5, 5.41) is 0. The molecule has 0 bridgehead atoms. The summed E-state index contributed by atoms with van der Waals surface area (Å²) in [7, 11) is 0. The van der Waals surface area contributed by atoms with E-state index in [4.69, 9.17) is 4.74 Å². The van der Waals surface area contributed by atoms with Crippen molar-refractivity contribution in [1.29, 1.82) is 0 Å². The molecule has 2 aromatic carbocycles. The van der Waals surface area contributed by atoms with Gasteiger partial charge >= 0.3 is 0 Å². The predicted octanol–water partition coefficient (Wildman–Crippen LogP) is 3.93.